The van der Waals surface area contributed by atoms with Gasteiger partial charge in [-0.2, -0.15) is 0 Å². The zero-order chi connectivity index (χ0) is 18.4. The summed E-state index contributed by atoms with van der Waals surface area (Å²) in [7, 11) is 0. The molecule has 0 spiro atoms. The highest BCUT2D eigenvalue weighted by Gasteiger charge is 2.23. The number of carbonyl (C=O) groups is 2. The van der Waals surface area contributed by atoms with Crippen LogP contribution in [0.2, 0.25) is 0 Å². The molecule has 1 N–H and O–H groups in total. The predicted octanol–water partition coefficient (Wildman–Crippen LogP) is 3.42. The lowest BCUT2D eigenvalue weighted by Gasteiger charge is -2.32. The highest BCUT2D eigenvalue weighted by Crippen LogP contribution is 2.23. The molecule has 136 valence electrons. The van der Waals surface area contributed by atoms with Crippen molar-refractivity contribution in [3.8, 4) is 0 Å². The van der Waals surface area contributed by atoms with Crippen LogP contribution >= 0.6 is 0 Å². The van der Waals surface area contributed by atoms with Crippen molar-refractivity contribution in [3.63, 3.8) is 0 Å². The average Bonchev–Trinajstić information content (AvgIpc) is 2.68. The SMILES string of the molecule is CC(=O)NCc1ccc(C(=O)N2CCC(Cc3ccccc3)CC2)cc1. The summed E-state index contributed by atoms with van der Waals surface area (Å²) >= 11 is 0. The maximum atomic E-state index is 12.7. The molecular formula is C22H26N2O2. The molecule has 4 heteroatoms. The van der Waals surface area contributed by atoms with E-state index < -0.39 is 0 Å². The molecule has 1 fully saturated rings. The lowest BCUT2D eigenvalue weighted by molar-refractivity contribution is -0.119. The Balaban J connectivity index is 1.51. The van der Waals surface area contributed by atoms with Crippen LogP contribution in [0.4, 0.5) is 0 Å². The van der Waals surface area contributed by atoms with E-state index in [0.717, 1.165) is 43.5 Å². The lowest BCUT2D eigenvalue weighted by atomic mass is 9.90. The lowest BCUT2D eigenvalue weighted by Crippen LogP contribution is -2.38. The topological polar surface area (TPSA) is 49.4 Å². The van der Waals surface area contributed by atoms with Gasteiger partial charge in [-0.15, -0.1) is 0 Å². The third-order valence-electron chi connectivity index (χ3n) is 5.01. The van der Waals surface area contributed by atoms with E-state index in [2.05, 4.69) is 29.6 Å². The molecule has 1 aliphatic heterocycles. The molecule has 0 bridgehead atoms. The Morgan fingerprint density at radius 3 is 2.23 bits per heavy atom. The van der Waals surface area contributed by atoms with Crippen LogP contribution in [0.25, 0.3) is 0 Å². The third-order valence-corrected chi connectivity index (χ3v) is 5.01. The molecule has 3 rings (SSSR count). The van der Waals surface area contributed by atoms with Gasteiger partial charge in [0, 0.05) is 32.1 Å². The number of nitrogens with zero attached hydrogens (tertiary/aromatic N) is 1. The normalized spacial score (nSPS) is 14.9. The maximum absolute atomic E-state index is 12.7. The molecule has 0 unspecified atom stereocenters. The molecule has 0 aliphatic carbocycles. The van der Waals surface area contributed by atoms with E-state index in [-0.39, 0.29) is 11.8 Å². The number of piperidine rings is 1. The van der Waals surface area contributed by atoms with Gasteiger partial charge in [0.1, 0.15) is 0 Å². The summed E-state index contributed by atoms with van der Waals surface area (Å²) in [5, 5.41) is 2.76. The number of nitrogens with one attached hydrogen (secondary N) is 1. The molecule has 1 saturated heterocycles. The fraction of sp³-hybridized carbons (Fsp3) is 0.364. The molecule has 2 aromatic rings. The summed E-state index contributed by atoms with van der Waals surface area (Å²) in [4.78, 5) is 25.6. The number of benzene rings is 2. The zero-order valence-electron chi connectivity index (χ0n) is 15.3. The van der Waals surface area contributed by atoms with E-state index >= 15 is 0 Å². The average molecular weight is 350 g/mol. The molecule has 1 heterocycles. The van der Waals surface area contributed by atoms with Crippen LogP contribution in [0.1, 0.15) is 41.3 Å². The predicted molar refractivity (Wildman–Crippen MR) is 103 cm³/mol. The first-order chi connectivity index (χ1) is 12.6. The second kappa shape index (κ2) is 8.65. The number of likely N-dealkylation sites (tertiary alicyclic amines) is 1. The standard InChI is InChI=1S/C22H26N2O2/c1-17(25)23-16-20-7-9-21(10-8-20)22(26)24-13-11-19(12-14-24)15-18-5-3-2-4-6-18/h2-10,19H,11-16H2,1H3,(H,23,25). The summed E-state index contributed by atoms with van der Waals surface area (Å²) in [6, 6.07) is 18.1. The first kappa shape index (κ1) is 18.2. The smallest absolute Gasteiger partial charge is 0.253 e. The Morgan fingerprint density at radius 1 is 0.962 bits per heavy atom. The fourth-order valence-electron chi connectivity index (χ4n) is 3.46. The second-order valence-corrected chi connectivity index (χ2v) is 7.03. The van der Waals surface area contributed by atoms with Gasteiger partial charge in [-0.1, -0.05) is 42.5 Å². The highest BCUT2D eigenvalue weighted by atomic mass is 16.2. The molecule has 26 heavy (non-hydrogen) atoms. The first-order valence-electron chi connectivity index (χ1n) is 9.28. The summed E-state index contributed by atoms with van der Waals surface area (Å²) in [5.41, 5.74) is 3.10. The minimum absolute atomic E-state index is 0.0523. The molecule has 0 aromatic heterocycles. The molecular weight excluding hydrogens is 324 g/mol. The largest absolute Gasteiger partial charge is 0.352 e. The van der Waals surface area contributed by atoms with Gasteiger partial charge in [-0.25, -0.2) is 0 Å². The molecule has 2 amide bonds. The van der Waals surface area contributed by atoms with Gasteiger partial charge < -0.3 is 10.2 Å². The van der Waals surface area contributed by atoms with Crippen molar-refractivity contribution < 1.29 is 9.59 Å². The van der Waals surface area contributed by atoms with Crippen molar-refractivity contribution >= 4 is 11.8 Å². The van der Waals surface area contributed by atoms with E-state index in [9.17, 15) is 9.59 Å². The molecule has 0 saturated carbocycles. The van der Waals surface area contributed by atoms with E-state index in [1.54, 1.807) is 0 Å². The van der Waals surface area contributed by atoms with Crippen LogP contribution in [-0.2, 0) is 17.8 Å². The van der Waals surface area contributed by atoms with Crippen LogP contribution in [-0.4, -0.2) is 29.8 Å². The van der Waals surface area contributed by atoms with Gasteiger partial charge in [0.25, 0.3) is 5.91 Å². The van der Waals surface area contributed by atoms with Crippen molar-refractivity contribution in [2.45, 2.75) is 32.7 Å². The van der Waals surface area contributed by atoms with Crippen LogP contribution in [0, 0.1) is 5.92 Å². The summed E-state index contributed by atoms with van der Waals surface area (Å²) in [5.74, 6) is 0.708. The number of hydrogen-bond acceptors (Lipinski definition) is 2. The van der Waals surface area contributed by atoms with Crippen LogP contribution in [0.15, 0.2) is 54.6 Å². The van der Waals surface area contributed by atoms with Crippen molar-refractivity contribution in [1.82, 2.24) is 10.2 Å². The number of hydrogen-bond donors (Lipinski definition) is 1. The van der Waals surface area contributed by atoms with E-state index in [0.29, 0.717) is 12.5 Å². The van der Waals surface area contributed by atoms with E-state index in [1.807, 2.05) is 35.2 Å². The molecule has 2 aromatic carbocycles. The monoisotopic (exact) mass is 350 g/mol. The Morgan fingerprint density at radius 2 is 1.62 bits per heavy atom. The number of amides is 2. The zero-order valence-corrected chi connectivity index (χ0v) is 15.3. The van der Waals surface area contributed by atoms with Gasteiger partial charge in [-0.3, -0.25) is 9.59 Å². The maximum Gasteiger partial charge on any atom is 0.253 e. The minimum Gasteiger partial charge on any atom is -0.352 e. The molecule has 0 radical (unpaired) electrons. The van der Waals surface area contributed by atoms with Crippen LogP contribution in [0.3, 0.4) is 0 Å². The van der Waals surface area contributed by atoms with Crippen molar-refractivity contribution in [3.05, 3.63) is 71.3 Å². The van der Waals surface area contributed by atoms with E-state index in [1.165, 1.54) is 12.5 Å². The third kappa shape index (κ3) is 4.94. The van der Waals surface area contributed by atoms with Crippen molar-refractivity contribution in [1.29, 1.82) is 0 Å². The Bertz CT molecular complexity index is 732. The second-order valence-electron chi connectivity index (χ2n) is 7.03. The molecule has 4 nitrogen and oxygen atoms in total. The van der Waals surface area contributed by atoms with E-state index in [4.69, 9.17) is 0 Å². The number of rotatable bonds is 5. The fourth-order valence-corrected chi connectivity index (χ4v) is 3.46. The summed E-state index contributed by atoms with van der Waals surface area (Å²) in [6.07, 6.45) is 3.21. The van der Waals surface area contributed by atoms with Gasteiger partial charge in [0.15, 0.2) is 0 Å². The Kier molecular flexibility index (Phi) is 6.05. The number of carbonyl (C=O) groups excluding carboxylic acids is 2. The summed E-state index contributed by atoms with van der Waals surface area (Å²) < 4.78 is 0. The molecule has 1 aliphatic rings. The minimum atomic E-state index is -0.0523. The highest BCUT2D eigenvalue weighted by molar-refractivity contribution is 5.94. The van der Waals surface area contributed by atoms with Crippen LogP contribution < -0.4 is 5.32 Å². The van der Waals surface area contributed by atoms with Crippen molar-refractivity contribution in [2.24, 2.45) is 5.92 Å². The van der Waals surface area contributed by atoms with Gasteiger partial charge in [0.2, 0.25) is 5.91 Å². The molecule has 0 atom stereocenters. The summed E-state index contributed by atoms with van der Waals surface area (Å²) in [6.45, 7) is 3.64. The Hall–Kier alpha value is -2.62. The van der Waals surface area contributed by atoms with Gasteiger partial charge in [-0.05, 0) is 48.4 Å². The Labute approximate surface area is 155 Å². The van der Waals surface area contributed by atoms with Crippen LogP contribution in [0.5, 0.6) is 0 Å². The van der Waals surface area contributed by atoms with Crippen molar-refractivity contribution in [2.75, 3.05) is 13.1 Å². The van der Waals surface area contributed by atoms with Gasteiger partial charge >= 0.3 is 0 Å². The quantitative estimate of drug-likeness (QED) is 0.898. The van der Waals surface area contributed by atoms with Gasteiger partial charge in [0.05, 0.1) is 0 Å². The first-order valence-corrected chi connectivity index (χ1v) is 9.28.